The van der Waals surface area contributed by atoms with E-state index >= 15 is 0 Å². The molecule has 6 heteroatoms. The molecule has 0 heterocycles. The Kier molecular flexibility index (Phi) is 7.53. The summed E-state index contributed by atoms with van der Waals surface area (Å²) >= 11 is 0. The third-order valence-electron chi connectivity index (χ3n) is 4.12. The zero-order valence-corrected chi connectivity index (χ0v) is 15.7. The van der Waals surface area contributed by atoms with Crippen molar-refractivity contribution >= 4 is 17.5 Å². The zero-order valence-electron chi connectivity index (χ0n) is 15.7. The van der Waals surface area contributed by atoms with Crippen LogP contribution in [-0.4, -0.2) is 43.9 Å². The number of hydrogen-bond donors (Lipinski definition) is 1. The molecule has 2 aromatic carbocycles. The first-order valence-electron chi connectivity index (χ1n) is 8.77. The van der Waals surface area contributed by atoms with Gasteiger partial charge < -0.3 is 10.2 Å². The van der Waals surface area contributed by atoms with Crippen LogP contribution in [0, 0.1) is 11.3 Å². The smallest absolute Gasteiger partial charge is 0.251 e. The highest BCUT2D eigenvalue weighted by atomic mass is 16.2. The standard InChI is InChI=1S/C21H24N4O2/c1-23-21(27)18-11-9-17(10-12-18)15-24(2)16-20(26)25(14-6-13-22)19-7-4-3-5-8-19/h3-5,7-12H,6,14-16H2,1-2H3,(H,23,27). The number of likely N-dealkylation sites (N-methyl/N-ethyl adjacent to an activating group) is 1. The van der Waals surface area contributed by atoms with Crippen molar-refractivity contribution in [3.8, 4) is 6.07 Å². The van der Waals surface area contributed by atoms with Crippen molar-refractivity contribution in [1.82, 2.24) is 10.2 Å². The molecular formula is C21H24N4O2. The van der Waals surface area contributed by atoms with Crippen LogP contribution in [0.1, 0.15) is 22.3 Å². The third kappa shape index (κ3) is 5.94. The Bertz CT molecular complexity index is 797. The maximum Gasteiger partial charge on any atom is 0.251 e. The number of nitrogens with zero attached hydrogens (tertiary/aromatic N) is 3. The highest BCUT2D eigenvalue weighted by Gasteiger charge is 2.17. The van der Waals surface area contributed by atoms with Crippen LogP contribution < -0.4 is 10.2 Å². The molecule has 0 spiro atoms. The molecule has 0 unspecified atom stereocenters. The van der Waals surface area contributed by atoms with Crippen molar-refractivity contribution < 1.29 is 9.59 Å². The van der Waals surface area contributed by atoms with Crippen LogP contribution in [0.5, 0.6) is 0 Å². The summed E-state index contributed by atoms with van der Waals surface area (Å²) in [5, 5.41) is 11.5. The molecule has 0 aromatic heterocycles. The fourth-order valence-electron chi connectivity index (χ4n) is 2.76. The number of carbonyl (C=O) groups is 2. The lowest BCUT2D eigenvalue weighted by atomic mass is 10.1. The molecule has 140 valence electrons. The van der Waals surface area contributed by atoms with E-state index in [4.69, 9.17) is 5.26 Å². The van der Waals surface area contributed by atoms with Gasteiger partial charge in [-0.3, -0.25) is 14.5 Å². The van der Waals surface area contributed by atoms with Gasteiger partial charge in [-0.2, -0.15) is 5.26 Å². The van der Waals surface area contributed by atoms with Crippen molar-refractivity contribution in [2.75, 3.05) is 32.1 Å². The van der Waals surface area contributed by atoms with Crippen LogP contribution in [0.25, 0.3) is 0 Å². The second-order valence-electron chi connectivity index (χ2n) is 6.24. The van der Waals surface area contributed by atoms with Gasteiger partial charge in [-0.25, -0.2) is 0 Å². The molecule has 2 rings (SSSR count). The summed E-state index contributed by atoms with van der Waals surface area (Å²) in [6.07, 6.45) is 0.283. The van der Waals surface area contributed by atoms with Crippen LogP contribution in [0.4, 0.5) is 5.69 Å². The third-order valence-corrected chi connectivity index (χ3v) is 4.12. The number of hydrogen-bond acceptors (Lipinski definition) is 4. The van der Waals surface area contributed by atoms with Gasteiger partial charge in [0.25, 0.3) is 5.91 Å². The van der Waals surface area contributed by atoms with E-state index in [9.17, 15) is 9.59 Å². The molecule has 2 amide bonds. The molecule has 0 bridgehead atoms. The van der Waals surface area contributed by atoms with Crippen molar-refractivity contribution in [3.63, 3.8) is 0 Å². The van der Waals surface area contributed by atoms with E-state index in [1.54, 1.807) is 24.1 Å². The van der Waals surface area contributed by atoms with Crippen molar-refractivity contribution in [2.24, 2.45) is 0 Å². The fourth-order valence-corrected chi connectivity index (χ4v) is 2.76. The molecule has 0 atom stereocenters. The maximum absolute atomic E-state index is 12.8. The number of para-hydroxylation sites is 1. The Morgan fingerprint density at radius 2 is 1.74 bits per heavy atom. The zero-order chi connectivity index (χ0) is 19.6. The number of benzene rings is 2. The van der Waals surface area contributed by atoms with E-state index in [2.05, 4.69) is 11.4 Å². The highest BCUT2D eigenvalue weighted by molar-refractivity contribution is 5.95. The number of nitriles is 1. The average molecular weight is 364 g/mol. The Labute approximate surface area is 160 Å². The minimum Gasteiger partial charge on any atom is -0.355 e. The highest BCUT2D eigenvalue weighted by Crippen LogP contribution is 2.15. The van der Waals surface area contributed by atoms with Gasteiger partial charge in [0.15, 0.2) is 0 Å². The predicted octanol–water partition coefficient (Wildman–Crippen LogP) is 2.42. The number of nitrogens with one attached hydrogen (secondary N) is 1. The van der Waals surface area contributed by atoms with Crippen LogP contribution >= 0.6 is 0 Å². The van der Waals surface area contributed by atoms with Gasteiger partial charge in [0, 0.05) is 31.4 Å². The lowest BCUT2D eigenvalue weighted by Crippen LogP contribution is -2.39. The predicted molar refractivity (Wildman–Crippen MR) is 105 cm³/mol. The molecule has 0 radical (unpaired) electrons. The number of amides is 2. The second-order valence-corrected chi connectivity index (χ2v) is 6.24. The molecule has 0 saturated heterocycles. The van der Waals surface area contributed by atoms with Crippen molar-refractivity contribution in [2.45, 2.75) is 13.0 Å². The quantitative estimate of drug-likeness (QED) is 0.780. The SMILES string of the molecule is CNC(=O)c1ccc(CN(C)CC(=O)N(CCC#N)c2ccccc2)cc1. The van der Waals surface area contributed by atoms with Gasteiger partial charge in [-0.05, 0) is 36.9 Å². The molecule has 0 saturated carbocycles. The number of rotatable bonds is 8. The van der Waals surface area contributed by atoms with E-state index in [1.165, 1.54) is 0 Å². The monoisotopic (exact) mass is 364 g/mol. The van der Waals surface area contributed by atoms with Crippen LogP contribution in [-0.2, 0) is 11.3 Å². The molecule has 0 aliphatic rings. The summed E-state index contributed by atoms with van der Waals surface area (Å²) in [5.41, 5.74) is 2.41. The first-order chi connectivity index (χ1) is 13.0. The Balaban J connectivity index is 2.00. The summed E-state index contributed by atoms with van der Waals surface area (Å²) in [6, 6.07) is 18.8. The topological polar surface area (TPSA) is 76.4 Å². The lowest BCUT2D eigenvalue weighted by Gasteiger charge is -2.25. The van der Waals surface area contributed by atoms with E-state index in [-0.39, 0.29) is 24.8 Å². The molecule has 2 aromatic rings. The summed E-state index contributed by atoms with van der Waals surface area (Å²) in [7, 11) is 3.47. The van der Waals surface area contributed by atoms with Gasteiger partial charge in [0.05, 0.1) is 19.0 Å². The Hall–Kier alpha value is -3.17. The normalized spacial score (nSPS) is 10.3. The van der Waals surface area contributed by atoms with Crippen LogP contribution in [0.2, 0.25) is 0 Å². The second kappa shape index (κ2) is 10.1. The minimum absolute atomic E-state index is 0.0547. The fraction of sp³-hybridized carbons (Fsp3) is 0.286. The van der Waals surface area contributed by atoms with Gasteiger partial charge in [0.1, 0.15) is 0 Å². The van der Waals surface area contributed by atoms with E-state index < -0.39 is 0 Å². The van der Waals surface area contributed by atoms with Crippen LogP contribution in [0.15, 0.2) is 54.6 Å². The lowest BCUT2D eigenvalue weighted by molar-refractivity contribution is -0.119. The van der Waals surface area contributed by atoms with Crippen molar-refractivity contribution in [1.29, 1.82) is 5.26 Å². The minimum atomic E-state index is -0.124. The molecule has 1 N–H and O–H groups in total. The summed E-state index contributed by atoms with van der Waals surface area (Å²) in [6.45, 7) is 1.19. The molecule has 27 heavy (non-hydrogen) atoms. The van der Waals surface area contributed by atoms with E-state index in [0.717, 1.165) is 11.3 Å². The average Bonchev–Trinajstić information content (AvgIpc) is 2.69. The largest absolute Gasteiger partial charge is 0.355 e. The van der Waals surface area contributed by atoms with Gasteiger partial charge in [0.2, 0.25) is 5.91 Å². The van der Waals surface area contributed by atoms with E-state index in [1.807, 2.05) is 54.4 Å². The Morgan fingerprint density at radius 3 is 2.33 bits per heavy atom. The van der Waals surface area contributed by atoms with Gasteiger partial charge in [-0.1, -0.05) is 30.3 Å². The summed E-state index contributed by atoms with van der Waals surface area (Å²) in [4.78, 5) is 27.9. The van der Waals surface area contributed by atoms with Gasteiger partial charge in [-0.15, -0.1) is 0 Å². The van der Waals surface area contributed by atoms with Gasteiger partial charge >= 0.3 is 0 Å². The first-order valence-corrected chi connectivity index (χ1v) is 8.77. The first kappa shape index (κ1) is 20.1. The molecule has 0 aliphatic heterocycles. The molecular weight excluding hydrogens is 340 g/mol. The van der Waals surface area contributed by atoms with Crippen LogP contribution in [0.3, 0.4) is 0 Å². The summed E-state index contributed by atoms with van der Waals surface area (Å²) in [5.74, 6) is -0.179. The molecule has 0 aliphatic carbocycles. The molecule has 0 fully saturated rings. The Morgan fingerprint density at radius 1 is 1.07 bits per heavy atom. The maximum atomic E-state index is 12.8. The molecule has 6 nitrogen and oxygen atoms in total. The van der Waals surface area contributed by atoms with E-state index in [0.29, 0.717) is 18.7 Å². The number of anilines is 1. The number of carbonyl (C=O) groups excluding carboxylic acids is 2. The van der Waals surface area contributed by atoms with Crippen molar-refractivity contribution in [3.05, 3.63) is 65.7 Å². The summed E-state index contributed by atoms with van der Waals surface area (Å²) < 4.78 is 0.